The van der Waals surface area contributed by atoms with Gasteiger partial charge in [-0.05, 0) is 20.5 Å². The highest BCUT2D eigenvalue weighted by molar-refractivity contribution is 6.26. The molecule has 0 aromatic heterocycles. The molecule has 0 heterocycles. The minimum absolute atomic E-state index is 0.0166. The van der Waals surface area contributed by atoms with Crippen molar-refractivity contribution in [2.24, 2.45) is 0 Å². The summed E-state index contributed by atoms with van der Waals surface area (Å²) in [4.78, 5) is 19.3. The minimum Gasteiger partial charge on any atom is -0.323 e. The summed E-state index contributed by atoms with van der Waals surface area (Å²) in [5.41, 5.74) is -0.0166. The normalized spacial score (nSPS) is 7.45. The van der Waals surface area contributed by atoms with Gasteiger partial charge >= 0.3 is 0 Å². The van der Waals surface area contributed by atoms with Crippen LogP contribution in [0.4, 0.5) is 0 Å². The van der Waals surface area contributed by atoms with Gasteiger partial charge in [-0.3, -0.25) is 4.79 Å². The average molecular weight is 158 g/mol. The Morgan fingerprint density at radius 2 is 1.91 bits per heavy atom. The SMILES string of the molecule is CNC.N=C(C=O)CCC=O. The molecule has 0 aromatic carbocycles. The number of carbonyl (C=O) groups is 2. The van der Waals surface area contributed by atoms with E-state index in [0.717, 1.165) is 0 Å². The highest BCUT2D eigenvalue weighted by Gasteiger charge is 1.89. The first-order valence-corrected chi connectivity index (χ1v) is 3.27. The second-order valence-electron chi connectivity index (χ2n) is 1.85. The molecule has 0 aliphatic rings. The lowest BCUT2D eigenvalue weighted by molar-refractivity contribution is -0.107. The topological polar surface area (TPSA) is 70.0 Å². The number of hydrogen-bond donors (Lipinski definition) is 2. The Balaban J connectivity index is 0. The maximum atomic E-state index is 9.67. The summed E-state index contributed by atoms with van der Waals surface area (Å²) in [5, 5.41) is 9.46. The van der Waals surface area contributed by atoms with Crippen molar-refractivity contribution in [1.82, 2.24) is 5.32 Å². The molecule has 64 valence electrons. The fraction of sp³-hybridized carbons (Fsp3) is 0.571. The van der Waals surface area contributed by atoms with Gasteiger partial charge in [-0.25, -0.2) is 0 Å². The van der Waals surface area contributed by atoms with Gasteiger partial charge in [-0.1, -0.05) is 0 Å². The van der Waals surface area contributed by atoms with Crippen LogP contribution >= 0.6 is 0 Å². The zero-order valence-electron chi connectivity index (χ0n) is 6.89. The molecular formula is C7H14N2O2. The molecule has 0 radical (unpaired) electrons. The largest absolute Gasteiger partial charge is 0.323 e. The summed E-state index contributed by atoms with van der Waals surface area (Å²) in [5.74, 6) is 0. The summed E-state index contributed by atoms with van der Waals surface area (Å²) in [6, 6.07) is 0. The Morgan fingerprint density at radius 1 is 1.45 bits per heavy atom. The van der Waals surface area contributed by atoms with Gasteiger partial charge in [0.1, 0.15) is 6.29 Å². The van der Waals surface area contributed by atoms with E-state index in [0.29, 0.717) is 12.6 Å². The zero-order chi connectivity index (χ0) is 9.11. The van der Waals surface area contributed by atoms with E-state index in [1.807, 2.05) is 14.1 Å². The Labute approximate surface area is 66.5 Å². The number of carbonyl (C=O) groups excluding carboxylic acids is 2. The summed E-state index contributed by atoms with van der Waals surface area (Å²) in [6.07, 6.45) is 1.69. The Kier molecular flexibility index (Phi) is 13.5. The number of hydrogen-bond acceptors (Lipinski definition) is 4. The third kappa shape index (κ3) is 17.6. The number of rotatable bonds is 4. The van der Waals surface area contributed by atoms with Crippen LogP contribution in [0.15, 0.2) is 0 Å². The zero-order valence-corrected chi connectivity index (χ0v) is 6.89. The second kappa shape index (κ2) is 11.7. The van der Waals surface area contributed by atoms with E-state index in [1.165, 1.54) is 0 Å². The van der Waals surface area contributed by atoms with Crippen molar-refractivity contribution in [1.29, 1.82) is 5.41 Å². The van der Waals surface area contributed by atoms with E-state index in [9.17, 15) is 9.59 Å². The summed E-state index contributed by atoms with van der Waals surface area (Å²) in [6.45, 7) is 0. The van der Waals surface area contributed by atoms with Crippen molar-refractivity contribution in [3.05, 3.63) is 0 Å². The molecule has 0 atom stereocenters. The van der Waals surface area contributed by atoms with Crippen LogP contribution in [0.5, 0.6) is 0 Å². The predicted octanol–water partition coefficient (Wildman–Crippen LogP) is 0.0198. The standard InChI is InChI=1S/C5H7NO2.C2H7N/c6-5(4-8)2-1-3-7;1-3-2/h3-4,6H,1-2H2;3H,1-2H3. The molecule has 0 aromatic rings. The highest BCUT2D eigenvalue weighted by atomic mass is 16.1. The Bertz CT molecular complexity index is 124. The van der Waals surface area contributed by atoms with Crippen molar-refractivity contribution >= 4 is 18.3 Å². The smallest absolute Gasteiger partial charge is 0.163 e. The van der Waals surface area contributed by atoms with Crippen LogP contribution in [0.25, 0.3) is 0 Å². The van der Waals surface area contributed by atoms with Crippen molar-refractivity contribution in [3.8, 4) is 0 Å². The van der Waals surface area contributed by atoms with Crippen molar-refractivity contribution in [2.45, 2.75) is 12.8 Å². The van der Waals surface area contributed by atoms with Crippen LogP contribution < -0.4 is 5.32 Å². The molecule has 4 heteroatoms. The summed E-state index contributed by atoms with van der Waals surface area (Å²) in [7, 11) is 3.75. The molecule has 0 saturated carbocycles. The van der Waals surface area contributed by atoms with Gasteiger partial charge < -0.3 is 15.5 Å². The molecule has 0 spiro atoms. The van der Waals surface area contributed by atoms with Crippen molar-refractivity contribution in [2.75, 3.05) is 14.1 Å². The first kappa shape index (κ1) is 12.6. The van der Waals surface area contributed by atoms with Crippen LogP contribution in [-0.4, -0.2) is 32.4 Å². The van der Waals surface area contributed by atoms with Gasteiger partial charge in [-0.15, -0.1) is 0 Å². The third-order valence-electron chi connectivity index (χ3n) is 0.674. The van der Waals surface area contributed by atoms with E-state index < -0.39 is 0 Å². The summed E-state index contributed by atoms with van der Waals surface area (Å²) >= 11 is 0. The van der Waals surface area contributed by atoms with Crippen LogP contribution in [-0.2, 0) is 9.59 Å². The molecule has 4 nitrogen and oxygen atoms in total. The lowest BCUT2D eigenvalue weighted by Gasteiger charge is -1.83. The Hall–Kier alpha value is -1.03. The first-order chi connectivity index (χ1) is 5.22. The van der Waals surface area contributed by atoms with E-state index in [2.05, 4.69) is 5.32 Å². The van der Waals surface area contributed by atoms with E-state index >= 15 is 0 Å². The molecule has 2 N–H and O–H groups in total. The molecule has 0 rings (SSSR count). The van der Waals surface area contributed by atoms with Crippen LogP contribution in [0.3, 0.4) is 0 Å². The molecular weight excluding hydrogens is 144 g/mol. The van der Waals surface area contributed by atoms with E-state index in [-0.39, 0.29) is 18.6 Å². The first-order valence-electron chi connectivity index (χ1n) is 3.27. The summed E-state index contributed by atoms with van der Waals surface area (Å²) < 4.78 is 0. The minimum atomic E-state index is -0.0166. The Morgan fingerprint density at radius 3 is 2.18 bits per heavy atom. The van der Waals surface area contributed by atoms with Crippen LogP contribution in [0.1, 0.15) is 12.8 Å². The van der Waals surface area contributed by atoms with Gasteiger partial charge in [0.05, 0.1) is 5.71 Å². The lowest BCUT2D eigenvalue weighted by atomic mass is 10.2. The molecule has 0 aliphatic heterocycles. The monoisotopic (exact) mass is 158 g/mol. The van der Waals surface area contributed by atoms with E-state index in [4.69, 9.17) is 5.41 Å². The second-order valence-corrected chi connectivity index (χ2v) is 1.85. The van der Waals surface area contributed by atoms with Crippen LogP contribution in [0.2, 0.25) is 0 Å². The molecule has 0 amide bonds. The maximum absolute atomic E-state index is 9.67. The average Bonchev–Trinajstić information content (AvgIpc) is 2.02. The van der Waals surface area contributed by atoms with Gasteiger partial charge in [-0.2, -0.15) is 0 Å². The third-order valence-corrected chi connectivity index (χ3v) is 0.674. The molecule has 0 aliphatic carbocycles. The predicted molar refractivity (Wildman–Crippen MR) is 44.1 cm³/mol. The van der Waals surface area contributed by atoms with Gasteiger partial charge in [0.25, 0.3) is 0 Å². The van der Waals surface area contributed by atoms with Crippen LogP contribution in [0, 0.1) is 5.41 Å². The van der Waals surface area contributed by atoms with Crippen molar-refractivity contribution in [3.63, 3.8) is 0 Å². The highest BCUT2D eigenvalue weighted by Crippen LogP contribution is 1.82. The number of aldehydes is 2. The van der Waals surface area contributed by atoms with Gasteiger partial charge in [0.15, 0.2) is 6.29 Å². The molecule has 0 fully saturated rings. The fourth-order valence-corrected chi connectivity index (χ4v) is 0.273. The number of nitrogens with one attached hydrogen (secondary N) is 2. The fourth-order valence-electron chi connectivity index (χ4n) is 0.273. The molecule has 0 saturated heterocycles. The van der Waals surface area contributed by atoms with E-state index in [1.54, 1.807) is 0 Å². The van der Waals surface area contributed by atoms with Crippen molar-refractivity contribution < 1.29 is 9.59 Å². The quantitative estimate of drug-likeness (QED) is 0.447. The molecule has 0 unspecified atom stereocenters. The van der Waals surface area contributed by atoms with Gasteiger partial charge in [0.2, 0.25) is 0 Å². The maximum Gasteiger partial charge on any atom is 0.163 e. The van der Waals surface area contributed by atoms with Gasteiger partial charge in [0, 0.05) is 6.42 Å². The lowest BCUT2D eigenvalue weighted by Crippen LogP contribution is -1.96. The molecule has 11 heavy (non-hydrogen) atoms. The molecule has 0 bridgehead atoms.